The van der Waals surface area contributed by atoms with E-state index in [1.54, 1.807) is 0 Å². The first-order valence-electron chi connectivity index (χ1n) is 6.28. The van der Waals surface area contributed by atoms with E-state index in [4.69, 9.17) is 0 Å². The summed E-state index contributed by atoms with van der Waals surface area (Å²) in [7, 11) is -2.99. The molecule has 2 rings (SSSR count). The van der Waals surface area contributed by atoms with Gasteiger partial charge in [0, 0.05) is 21.9 Å². The van der Waals surface area contributed by atoms with Crippen molar-refractivity contribution in [3.05, 3.63) is 40.5 Å². The van der Waals surface area contributed by atoms with Crippen molar-refractivity contribution in [1.82, 2.24) is 4.98 Å². The van der Waals surface area contributed by atoms with Crippen molar-refractivity contribution in [3.63, 3.8) is 0 Å². The predicted molar refractivity (Wildman–Crippen MR) is 83.3 cm³/mol. The quantitative estimate of drug-likeness (QED) is 0.893. The fraction of sp³-hybridized carbons (Fsp3) is 0.357. The molecule has 0 saturated heterocycles. The van der Waals surface area contributed by atoms with E-state index >= 15 is 0 Å². The minimum absolute atomic E-state index is 0.0786. The van der Waals surface area contributed by atoms with Crippen molar-refractivity contribution in [2.75, 3.05) is 12.0 Å². The van der Waals surface area contributed by atoms with Crippen LogP contribution >= 0.6 is 15.9 Å². The Hall–Kier alpha value is -0.980. The lowest BCUT2D eigenvalue weighted by molar-refractivity contribution is 0.161. The Labute approximate surface area is 126 Å². The van der Waals surface area contributed by atoms with E-state index in [0.717, 1.165) is 15.4 Å². The highest BCUT2D eigenvalue weighted by molar-refractivity contribution is 9.10. The van der Waals surface area contributed by atoms with Crippen LogP contribution < -0.4 is 0 Å². The second kappa shape index (κ2) is 6.20. The number of halogens is 1. The summed E-state index contributed by atoms with van der Waals surface area (Å²) in [6.45, 7) is 0. The predicted octanol–water partition coefficient (Wildman–Crippen LogP) is 2.86. The van der Waals surface area contributed by atoms with Crippen molar-refractivity contribution >= 4 is 36.7 Å². The smallest absolute Gasteiger partial charge is 0.147 e. The molecule has 2 aromatic rings. The van der Waals surface area contributed by atoms with E-state index in [1.807, 2.05) is 30.3 Å². The Balaban J connectivity index is 2.17. The molecular formula is C14H16BrNO3S. The maximum atomic E-state index is 11.1. The highest BCUT2D eigenvalue weighted by atomic mass is 79.9. The maximum Gasteiger partial charge on any atom is 0.147 e. The molecule has 1 atom stereocenters. The Morgan fingerprint density at radius 2 is 2.05 bits per heavy atom. The lowest BCUT2D eigenvalue weighted by atomic mass is 10.1. The summed E-state index contributed by atoms with van der Waals surface area (Å²) in [4.78, 5) is 4.44. The van der Waals surface area contributed by atoms with E-state index in [1.165, 1.54) is 6.26 Å². The van der Waals surface area contributed by atoms with Crippen LogP contribution in [0.4, 0.5) is 0 Å². The number of aromatic nitrogens is 1. The average Bonchev–Trinajstić information content (AvgIpc) is 2.36. The maximum absolute atomic E-state index is 11.1. The first kappa shape index (κ1) is 15.4. The third-order valence-corrected chi connectivity index (χ3v) is 4.68. The van der Waals surface area contributed by atoms with E-state index in [0.29, 0.717) is 18.5 Å². The Kier molecular flexibility index (Phi) is 4.78. The second-order valence-electron chi connectivity index (χ2n) is 4.84. The Morgan fingerprint density at radius 1 is 1.35 bits per heavy atom. The van der Waals surface area contributed by atoms with E-state index in [-0.39, 0.29) is 5.75 Å². The number of pyridine rings is 1. The zero-order valence-corrected chi connectivity index (χ0v) is 13.5. The SMILES string of the molecule is CS(=O)(=O)CCCC(O)c1nc2ccccc2cc1Br. The molecule has 4 nitrogen and oxygen atoms in total. The molecule has 0 amide bonds. The molecule has 1 heterocycles. The number of fused-ring (bicyclic) bond motifs is 1. The summed E-state index contributed by atoms with van der Waals surface area (Å²) >= 11 is 3.41. The molecule has 108 valence electrons. The Morgan fingerprint density at radius 3 is 2.75 bits per heavy atom. The van der Waals surface area contributed by atoms with Gasteiger partial charge < -0.3 is 5.11 Å². The van der Waals surface area contributed by atoms with E-state index in [2.05, 4.69) is 20.9 Å². The molecule has 1 unspecified atom stereocenters. The van der Waals surface area contributed by atoms with Gasteiger partial charge >= 0.3 is 0 Å². The van der Waals surface area contributed by atoms with Crippen molar-refractivity contribution in [2.45, 2.75) is 18.9 Å². The average molecular weight is 358 g/mol. The number of aliphatic hydroxyl groups excluding tert-OH is 1. The van der Waals surface area contributed by atoms with Crippen LogP contribution in [-0.2, 0) is 9.84 Å². The van der Waals surface area contributed by atoms with Gasteiger partial charge in [0.15, 0.2) is 0 Å². The molecule has 0 aliphatic heterocycles. The highest BCUT2D eigenvalue weighted by Crippen LogP contribution is 2.28. The highest BCUT2D eigenvalue weighted by Gasteiger charge is 2.15. The van der Waals surface area contributed by atoms with Crippen LogP contribution in [0.25, 0.3) is 10.9 Å². The molecule has 20 heavy (non-hydrogen) atoms. The normalized spacial score (nSPS) is 13.6. The number of aliphatic hydroxyl groups is 1. The third kappa shape index (κ3) is 4.01. The summed E-state index contributed by atoms with van der Waals surface area (Å²) in [5.74, 6) is 0.0786. The van der Waals surface area contributed by atoms with Crippen molar-refractivity contribution in [3.8, 4) is 0 Å². The summed E-state index contributed by atoms with van der Waals surface area (Å²) in [6, 6.07) is 9.57. The van der Waals surface area contributed by atoms with Crippen LogP contribution in [0.2, 0.25) is 0 Å². The molecule has 0 fully saturated rings. The van der Waals surface area contributed by atoms with Crippen LogP contribution in [-0.4, -0.2) is 30.5 Å². The molecule has 0 saturated carbocycles. The molecule has 6 heteroatoms. The van der Waals surface area contributed by atoms with Crippen LogP contribution in [0.15, 0.2) is 34.8 Å². The number of hydrogen-bond donors (Lipinski definition) is 1. The summed E-state index contributed by atoms with van der Waals surface area (Å²) in [5.41, 5.74) is 1.37. The molecule has 0 aliphatic rings. The van der Waals surface area contributed by atoms with Crippen LogP contribution in [0.3, 0.4) is 0 Å². The summed E-state index contributed by atoms with van der Waals surface area (Å²) in [5, 5.41) is 11.2. The van der Waals surface area contributed by atoms with Crippen molar-refractivity contribution in [2.24, 2.45) is 0 Å². The van der Waals surface area contributed by atoms with Gasteiger partial charge in [-0.15, -0.1) is 0 Å². The third-order valence-electron chi connectivity index (χ3n) is 3.01. The second-order valence-corrected chi connectivity index (χ2v) is 7.95. The van der Waals surface area contributed by atoms with E-state index in [9.17, 15) is 13.5 Å². The number of benzene rings is 1. The Bertz CT molecular complexity index is 715. The lowest BCUT2D eigenvalue weighted by Crippen LogP contribution is -2.07. The summed E-state index contributed by atoms with van der Waals surface area (Å²) in [6.07, 6.45) is 1.22. The van der Waals surface area contributed by atoms with Gasteiger partial charge in [0.2, 0.25) is 0 Å². The van der Waals surface area contributed by atoms with Crippen LogP contribution in [0.5, 0.6) is 0 Å². The van der Waals surface area contributed by atoms with E-state index < -0.39 is 15.9 Å². The fourth-order valence-corrected chi connectivity index (χ4v) is 3.30. The minimum atomic E-state index is -2.99. The molecule has 0 aliphatic carbocycles. The first-order valence-corrected chi connectivity index (χ1v) is 9.13. The zero-order chi connectivity index (χ0) is 14.8. The standard InChI is InChI=1S/C14H16BrNO3S/c1-20(18,19)8-4-7-13(17)14-11(15)9-10-5-2-3-6-12(10)16-14/h2-3,5-6,9,13,17H,4,7-8H2,1H3. The van der Waals surface area contributed by atoms with Gasteiger partial charge in [-0.25, -0.2) is 13.4 Å². The first-order chi connectivity index (χ1) is 9.37. The van der Waals surface area contributed by atoms with Crippen molar-refractivity contribution in [1.29, 1.82) is 0 Å². The lowest BCUT2D eigenvalue weighted by Gasteiger charge is -2.12. The van der Waals surface area contributed by atoms with Gasteiger partial charge in [0.1, 0.15) is 9.84 Å². The number of para-hydroxylation sites is 1. The fourth-order valence-electron chi connectivity index (χ4n) is 2.01. The molecule has 1 aromatic heterocycles. The topological polar surface area (TPSA) is 67.3 Å². The van der Waals surface area contributed by atoms with Gasteiger partial charge in [-0.3, -0.25) is 0 Å². The minimum Gasteiger partial charge on any atom is -0.387 e. The molecule has 1 aromatic carbocycles. The largest absolute Gasteiger partial charge is 0.387 e. The molecule has 0 spiro atoms. The molecule has 1 N–H and O–H groups in total. The molecule has 0 radical (unpaired) electrons. The summed E-state index contributed by atoms with van der Waals surface area (Å²) < 4.78 is 22.9. The van der Waals surface area contributed by atoms with Gasteiger partial charge in [0.05, 0.1) is 17.3 Å². The van der Waals surface area contributed by atoms with Crippen LogP contribution in [0.1, 0.15) is 24.6 Å². The molecule has 0 bridgehead atoms. The van der Waals surface area contributed by atoms with Crippen molar-refractivity contribution < 1.29 is 13.5 Å². The van der Waals surface area contributed by atoms with Gasteiger partial charge in [-0.05, 0) is 40.9 Å². The van der Waals surface area contributed by atoms with Crippen LogP contribution in [0, 0.1) is 0 Å². The number of hydrogen-bond acceptors (Lipinski definition) is 4. The number of sulfone groups is 1. The number of rotatable bonds is 5. The monoisotopic (exact) mass is 357 g/mol. The number of nitrogens with zero attached hydrogens (tertiary/aromatic N) is 1. The van der Waals surface area contributed by atoms with Gasteiger partial charge in [-0.1, -0.05) is 18.2 Å². The van der Waals surface area contributed by atoms with Gasteiger partial charge in [-0.2, -0.15) is 0 Å². The molecular weight excluding hydrogens is 342 g/mol. The zero-order valence-electron chi connectivity index (χ0n) is 11.1. The van der Waals surface area contributed by atoms with Gasteiger partial charge in [0.25, 0.3) is 0 Å².